The summed E-state index contributed by atoms with van der Waals surface area (Å²) in [6.07, 6.45) is -4.58. The Bertz CT molecular complexity index is 693. The van der Waals surface area contributed by atoms with Gasteiger partial charge in [0.15, 0.2) is 0 Å². The molecule has 21 heavy (non-hydrogen) atoms. The molecule has 0 fully saturated rings. The van der Waals surface area contributed by atoms with Gasteiger partial charge in [0.25, 0.3) is 0 Å². The van der Waals surface area contributed by atoms with E-state index in [-0.39, 0.29) is 11.4 Å². The molecule has 0 atom stereocenters. The van der Waals surface area contributed by atoms with Crippen LogP contribution >= 0.6 is 0 Å². The van der Waals surface area contributed by atoms with E-state index >= 15 is 0 Å². The molecule has 1 N–H and O–H groups in total. The summed E-state index contributed by atoms with van der Waals surface area (Å²) >= 11 is 0. The lowest BCUT2D eigenvalue weighted by Gasteiger charge is -2.13. The molecule has 0 amide bonds. The number of rotatable bonds is 3. The number of anilines is 2. The van der Waals surface area contributed by atoms with Gasteiger partial charge in [-0.2, -0.15) is 18.4 Å². The van der Waals surface area contributed by atoms with Crippen molar-refractivity contribution in [3.63, 3.8) is 0 Å². The van der Waals surface area contributed by atoms with E-state index in [2.05, 4.69) is 10.3 Å². The number of hydrogen-bond donors (Lipinski definition) is 1. The number of benzene rings is 1. The van der Waals surface area contributed by atoms with Crippen molar-refractivity contribution in [1.29, 1.82) is 5.26 Å². The first kappa shape index (κ1) is 14.7. The third kappa shape index (κ3) is 3.23. The first-order chi connectivity index (χ1) is 9.95. The Hall–Kier alpha value is -2.75. The third-order valence-electron chi connectivity index (χ3n) is 2.67. The Morgan fingerprint density at radius 2 is 1.90 bits per heavy atom. The van der Waals surface area contributed by atoms with Crippen LogP contribution in [0, 0.1) is 11.3 Å². The van der Waals surface area contributed by atoms with E-state index in [4.69, 9.17) is 10.00 Å². The zero-order valence-corrected chi connectivity index (χ0v) is 10.9. The minimum atomic E-state index is -4.58. The zero-order valence-electron chi connectivity index (χ0n) is 10.9. The Morgan fingerprint density at radius 1 is 1.19 bits per heavy atom. The summed E-state index contributed by atoms with van der Waals surface area (Å²) < 4.78 is 43.2. The van der Waals surface area contributed by atoms with Gasteiger partial charge in [-0.3, -0.25) is 0 Å². The molecule has 108 valence electrons. The minimum Gasteiger partial charge on any atom is -0.495 e. The number of aromatic nitrogens is 1. The largest absolute Gasteiger partial charge is 0.495 e. The first-order valence-corrected chi connectivity index (χ1v) is 5.84. The van der Waals surface area contributed by atoms with Crippen LogP contribution in [0.2, 0.25) is 0 Å². The van der Waals surface area contributed by atoms with E-state index in [1.165, 1.54) is 7.11 Å². The van der Waals surface area contributed by atoms with Crippen LogP contribution in [0.3, 0.4) is 0 Å². The third-order valence-corrected chi connectivity index (χ3v) is 2.67. The molecule has 1 aromatic carbocycles. The second-order valence-electron chi connectivity index (χ2n) is 4.03. The number of nitrogens with one attached hydrogen (secondary N) is 1. The number of pyridine rings is 1. The van der Waals surface area contributed by atoms with Crippen molar-refractivity contribution in [2.24, 2.45) is 0 Å². The monoisotopic (exact) mass is 293 g/mol. The lowest BCUT2D eigenvalue weighted by Crippen LogP contribution is -2.10. The summed E-state index contributed by atoms with van der Waals surface area (Å²) in [5.41, 5.74) is -0.642. The average Bonchev–Trinajstić information content (AvgIpc) is 2.47. The van der Waals surface area contributed by atoms with Crippen molar-refractivity contribution < 1.29 is 17.9 Å². The number of nitrogens with zero attached hydrogens (tertiary/aromatic N) is 2. The van der Waals surface area contributed by atoms with Crippen LogP contribution in [0.15, 0.2) is 36.4 Å². The molecule has 7 heteroatoms. The quantitative estimate of drug-likeness (QED) is 0.937. The molecule has 0 saturated carbocycles. The predicted molar refractivity (Wildman–Crippen MR) is 70.2 cm³/mol. The highest BCUT2D eigenvalue weighted by molar-refractivity contribution is 5.68. The van der Waals surface area contributed by atoms with Gasteiger partial charge in [-0.25, -0.2) is 4.98 Å². The smallest absolute Gasteiger partial charge is 0.433 e. The van der Waals surface area contributed by atoms with Crippen molar-refractivity contribution in [2.45, 2.75) is 6.18 Å². The lowest BCUT2D eigenvalue weighted by atomic mass is 10.2. The van der Waals surface area contributed by atoms with E-state index in [0.717, 1.165) is 12.1 Å². The molecule has 0 spiro atoms. The van der Waals surface area contributed by atoms with E-state index in [1.54, 1.807) is 30.3 Å². The molecule has 0 saturated heterocycles. The molecule has 0 aliphatic carbocycles. The Morgan fingerprint density at radius 3 is 2.52 bits per heavy atom. The molecule has 2 aromatic rings. The van der Waals surface area contributed by atoms with Gasteiger partial charge in [0.1, 0.15) is 23.3 Å². The van der Waals surface area contributed by atoms with E-state index in [1.807, 2.05) is 0 Å². The van der Waals surface area contributed by atoms with Crippen molar-refractivity contribution in [3.05, 3.63) is 47.7 Å². The van der Waals surface area contributed by atoms with Gasteiger partial charge in [0.05, 0.1) is 18.4 Å². The molecule has 1 heterocycles. The summed E-state index contributed by atoms with van der Waals surface area (Å²) in [4.78, 5) is 3.47. The molecule has 0 aliphatic rings. The van der Waals surface area contributed by atoms with Crippen LogP contribution in [0.25, 0.3) is 0 Å². The fourth-order valence-electron chi connectivity index (χ4n) is 1.68. The van der Waals surface area contributed by atoms with Gasteiger partial charge in [-0.05, 0) is 24.3 Å². The number of halogens is 3. The molecule has 0 unspecified atom stereocenters. The Labute approximate surface area is 118 Å². The van der Waals surface area contributed by atoms with Gasteiger partial charge in [-0.15, -0.1) is 0 Å². The standard InChI is InChI=1S/C14H10F3N3O/c1-21-11-5-3-2-4-10(11)19-13-9(8-18)6-7-12(20-13)14(15,16)17/h2-7H,1H3,(H,19,20). The topological polar surface area (TPSA) is 57.9 Å². The highest BCUT2D eigenvalue weighted by Crippen LogP contribution is 2.32. The fraction of sp³-hybridized carbons (Fsp3) is 0.143. The van der Waals surface area contributed by atoms with E-state index in [9.17, 15) is 13.2 Å². The summed E-state index contributed by atoms with van der Waals surface area (Å²) in [6.45, 7) is 0. The molecule has 0 bridgehead atoms. The molecule has 4 nitrogen and oxygen atoms in total. The second kappa shape index (κ2) is 5.71. The number of methoxy groups -OCH3 is 1. The highest BCUT2D eigenvalue weighted by atomic mass is 19.4. The SMILES string of the molecule is COc1ccccc1Nc1nc(C(F)(F)F)ccc1C#N. The molecule has 0 aliphatic heterocycles. The molecule has 1 aromatic heterocycles. The maximum atomic E-state index is 12.7. The average molecular weight is 293 g/mol. The fourth-order valence-corrected chi connectivity index (χ4v) is 1.68. The van der Waals surface area contributed by atoms with Gasteiger partial charge in [-0.1, -0.05) is 12.1 Å². The normalized spacial score (nSPS) is 10.8. The number of alkyl halides is 3. The maximum absolute atomic E-state index is 12.7. The summed E-state index contributed by atoms with van der Waals surface area (Å²) in [5, 5.41) is 11.7. The second-order valence-corrected chi connectivity index (χ2v) is 4.03. The van der Waals surface area contributed by atoms with Crippen molar-refractivity contribution in [1.82, 2.24) is 4.98 Å². The van der Waals surface area contributed by atoms with Crippen LogP contribution in [0.1, 0.15) is 11.3 Å². The van der Waals surface area contributed by atoms with Crippen LogP contribution < -0.4 is 10.1 Å². The van der Waals surface area contributed by atoms with E-state index in [0.29, 0.717) is 11.4 Å². The summed E-state index contributed by atoms with van der Waals surface area (Å²) in [6, 6.07) is 10.3. The highest BCUT2D eigenvalue weighted by Gasteiger charge is 2.33. The lowest BCUT2D eigenvalue weighted by molar-refractivity contribution is -0.141. The van der Waals surface area contributed by atoms with Crippen LogP contribution in [0.5, 0.6) is 5.75 Å². The number of ether oxygens (including phenoxy) is 1. The van der Waals surface area contributed by atoms with Crippen LogP contribution in [-0.4, -0.2) is 12.1 Å². The van der Waals surface area contributed by atoms with Crippen molar-refractivity contribution >= 4 is 11.5 Å². The maximum Gasteiger partial charge on any atom is 0.433 e. The van der Waals surface area contributed by atoms with Gasteiger partial charge >= 0.3 is 6.18 Å². The molecular formula is C14H10F3N3O. The first-order valence-electron chi connectivity index (χ1n) is 5.84. The van der Waals surface area contributed by atoms with Gasteiger partial charge in [0, 0.05) is 0 Å². The summed E-state index contributed by atoms with van der Waals surface area (Å²) in [7, 11) is 1.44. The minimum absolute atomic E-state index is 0.00825. The zero-order chi connectivity index (χ0) is 15.5. The van der Waals surface area contributed by atoms with Gasteiger partial charge < -0.3 is 10.1 Å². The van der Waals surface area contributed by atoms with Crippen molar-refractivity contribution in [2.75, 3.05) is 12.4 Å². The Kier molecular flexibility index (Phi) is 3.98. The van der Waals surface area contributed by atoms with Crippen molar-refractivity contribution in [3.8, 4) is 11.8 Å². The summed E-state index contributed by atoms with van der Waals surface area (Å²) in [5.74, 6) is 0.262. The number of nitriles is 1. The van der Waals surface area contributed by atoms with Crippen LogP contribution in [-0.2, 0) is 6.18 Å². The van der Waals surface area contributed by atoms with Crippen LogP contribution in [0.4, 0.5) is 24.7 Å². The predicted octanol–water partition coefficient (Wildman–Crippen LogP) is 3.72. The molecule has 2 rings (SSSR count). The Balaban J connectivity index is 2.45. The molecular weight excluding hydrogens is 283 g/mol. The molecule has 0 radical (unpaired) electrons. The number of para-hydroxylation sites is 2. The van der Waals surface area contributed by atoms with Gasteiger partial charge in [0.2, 0.25) is 0 Å². The number of hydrogen-bond acceptors (Lipinski definition) is 4. The van der Waals surface area contributed by atoms with E-state index < -0.39 is 11.9 Å².